The monoisotopic (exact) mass is 382 g/mol. The lowest BCUT2D eigenvalue weighted by Gasteiger charge is -2.32. The Labute approximate surface area is 145 Å². The number of piperidine rings is 1. The number of benzene rings is 1. The van der Waals surface area contributed by atoms with Gasteiger partial charge in [0.1, 0.15) is 0 Å². The molecule has 0 spiro atoms. The molecule has 2 amide bonds. The molecule has 1 aromatic rings. The summed E-state index contributed by atoms with van der Waals surface area (Å²) in [6.45, 7) is 5.34. The van der Waals surface area contributed by atoms with Gasteiger partial charge >= 0.3 is 12.0 Å². The number of amides is 2. The Bertz CT molecular complexity index is 557. The van der Waals surface area contributed by atoms with Gasteiger partial charge in [0.15, 0.2) is 0 Å². The van der Waals surface area contributed by atoms with E-state index < -0.39 is 0 Å². The normalized spacial score (nSPS) is 16.7. The highest BCUT2D eigenvalue weighted by molar-refractivity contribution is 9.10. The minimum Gasteiger partial charge on any atom is -0.466 e. The third kappa shape index (κ3) is 4.70. The maximum atomic E-state index is 12.4. The molecule has 23 heavy (non-hydrogen) atoms. The maximum absolute atomic E-state index is 12.4. The van der Waals surface area contributed by atoms with Crippen LogP contribution < -0.4 is 5.32 Å². The molecule has 1 aliphatic heterocycles. The number of ether oxygens (including phenoxy) is 1. The Morgan fingerprint density at radius 3 is 2.61 bits per heavy atom. The van der Waals surface area contributed by atoms with Crippen molar-refractivity contribution in [2.75, 3.05) is 19.7 Å². The molecule has 126 valence electrons. The molecule has 0 bridgehead atoms. The first-order valence-electron chi connectivity index (χ1n) is 7.99. The van der Waals surface area contributed by atoms with Crippen molar-refractivity contribution in [1.29, 1.82) is 0 Å². The van der Waals surface area contributed by atoms with E-state index in [0.717, 1.165) is 10.0 Å². The van der Waals surface area contributed by atoms with Gasteiger partial charge in [0.25, 0.3) is 0 Å². The summed E-state index contributed by atoms with van der Waals surface area (Å²) in [6, 6.07) is 7.68. The van der Waals surface area contributed by atoms with E-state index in [1.807, 2.05) is 38.1 Å². The van der Waals surface area contributed by atoms with Gasteiger partial charge in [0, 0.05) is 17.6 Å². The van der Waals surface area contributed by atoms with E-state index >= 15 is 0 Å². The number of rotatable bonds is 4. The number of hydrogen-bond acceptors (Lipinski definition) is 3. The first kappa shape index (κ1) is 17.8. The first-order valence-corrected chi connectivity index (χ1v) is 8.78. The highest BCUT2D eigenvalue weighted by atomic mass is 79.9. The minimum absolute atomic E-state index is 0.0825. The molecule has 5 nitrogen and oxygen atoms in total. The van der Waals surface area contributed by atoms with Crippen LogP contribution in [0.15, 0.2) is 28.7 Å². The third-order valence-electron chi connectivity index (χ3n) is 4.11. The molecule has 1 aromatic carbocycles. The highest BCUT2D eigenvalue weighted by Gasteiger charge is 2.28. The molecular weight excluding hydrogens is 360 g/mol. The standard InChI is InChI=1S/C17H23BrN2O3/c1-3-23-16(21)13-8-10-20(11-9-13)17(22)19-12(2)14-6-4-5-7-15(14)18/h4-7,12-13H,3,8-11H2,1-2H3,(H,19,22). The summed E-state index contributed by atoms with van der Waals surface area (Å²) >= 11 is 3.51. The average Bonchev–Trinajstić information content (AvgIpc) is 2.55. The number of nitrogens with zero attached hydrogens (tertiary/aromatic N) is 1. The van der Waals surface area contributed by atoms with Crippen molar-refractivity contribution in [3.63, 3.8) is 0 Å². The molecule has 6 heteroatoms. The summed E-state index contributed by atoms with van der Waals surface area (Å²) in [5.41, 5.74) is 1.04. The molecule has 1 aliphatic rings. The molecule has 0 aliphatic carbocycles. The van der Waals surface area contributed by atoms with Crippen LogP contribution in [0.4, 0.5) is 4.79 Å². The van der Waals surface area contributed by atoms with Crippen molar-refractivity contribution in [3.8, 4) is 0 Å². The van der Waals surface area contributed by atoms with E-state index in [0.29, 0.717) is 32.5 Å². The Hall–Kier alpha value is -1.56. The Balaban J connectivity index is 1.86. The zero-order chi connectivity index (χ0) is 16.8. The van der Waals surface area contributed by atoms with Crippen LogP contribution in [0, 0.1) is 5.92 Å². The predicted molar refractivity (Wildman–Crippen MR) is 92.0 cm³/mol. The lowest BCUT2D eigenvalue weighted by atomic mass is 9.97. The van der Waals surface area contributed by atoms with Crippen molar-refractivity contribution in [1.82, 2.24) is 10.2 Å². The summed E-state index contributed by atoms with van der Waals surface area (Å²) in [7, 11) is 0. The second-order valence-corrected chi connectivity index (χ2v) is 6.56. The molecule has 1 fully saturated rings. The lowest BCUT2D eigenvalue weighted by molar-refractivity contribution is -0.149. The van der Waals surface area contributed by atoms with Crippen LogP contribution in [0.1, 0.15) is 38.3 Å². The summed E-state index contributed by atoms with van der Waals surface area (Å²) in [5.74, 6) is -0.228. The molecule has 1 unspecified atom stereocenters. The van der Waals surface area contributed by atoms with E-state index in [9.17, 15) is 9.59 Å². The molecular formula is C17H23BrN2O3. The molecule has 1 saturated heterocycles. The van der Waals surface area contributed by atoms with E-state index in [2.05, 4.69) is 21.2 Å². The van der Waals surface area contributed by atoms with Gasteiger partial charge < -0.3 is 15.0 Å². The van der Waals surface area contributed by atoms with Gasteiger partial charge in [-0.15, -0.1) is 0 Å². The van der Waals surface area contributed by atoms with E-state index in [-0.39, 0.29) is 24.0 Å². The highest BCUT2D eigenvalue weighted by Crippen LogP contribution is 2.24. The van der Waals surface area contributed by atoms with Gasteiger partial charge in [-0.2, -0.15) is 0 Å². The van der Waals surface area contributed by atoms with Crippen molar-refractivity contribution in [2.45, 2.75) is 32.7 Å². The fourth-order valence-electron chi connectivity index (χ4n) is 2.76. The Morgan fingerprint density at radius 1 is 1.35 bits per heavy atom. The second-order valence-electron chi connectivity index (χ2n) is 5.71. The molecule has 1 atom stereocenters. The van der Waals surface area contributed by atoms with Crippen LogP contribution >= 0.6 is 15.9 Å². The van der Waals surface area contributed by atoms with Gasteiger partial charge in [0.2, 0.25) is 0 Å². The number of hydrogen-bond donors (Lipinski definition) is 1. The van der Waals surface area contributed by atoms with Gasteiger partial charge in [-0.1, -0.05) is 34.1 Å². The molecule has 2 rings (SSSR count). The number of halogens is 1. The zero-order valence-corrected chi connectivity index (χ0v) is 15.1. The summed E-state index contributed by atoms with van der Waals surface area (Å²) in [4.78, 5) is 25.9. The van der Waals surface area contributed by atoms with Gasteiger partial charge in [0.05, 0.1) is 18.6 Å². The van der Waals surface area contributed by atoms with Crippen molar-refractivity contribution >= 4 is 27.9 Å². The van der Waals surface area contributed by atoms with Gasteiger partial charge in [-0.05, 0) is 38.3 Å². The number of carbonyl (C=O) groups excluding carboxylic acids is 2. The lowest BCUT2D eigenvalue weighted by Crippen LogP contribution is -2.46. The fourth-order valence-corrected chi connectivity index (χ4v) is 3.39. The predicted octanol–water partition coefficient (Wildman–Crippen LogP) is 3.49. The summed E-state index contributed by atoms with van der Waals surface area (Å²) in [6.07, 6.45) is 1.32. The topological polar surface area (TPSA) is 58.6 Å². The van der Waals surface area contributed by atoms with Crippen LogP contribution in [-0.2, 0) is 9.53 Å². The van der Waals surface area contributed by atoms with Gasteiger partial charge in [-0.25, -0.2) is 4.79 Å². The van der Waals surface area contributed by atoms with E-state index in [4.69, 9.17) is 4.74 Å². The van der Waals surface area contributed by atoms with E-state index in [1.165, 1.54) is 0 Å². The molecule has 0 saturated carbocycles. The van der Waals surface area contributed by atoms with E-state index in [1.54, 1.807) is 4.90 Å². The number of likely N-dealkylation sites (tertiary alicyclic amines) is 1. The van der Waals surface area contributed by atoms with Crippen LogP contribution in [0.25, 0.3) is 0 Å². The smallest absolute Gasteiger partial charge is 0.317 e. The van der Waals surface area contributed by atoms with Crippen molar-refractivity contribution in [3.05, 3.63) is 34.3 Å². The maximum Gasteiger partial charge on any atom is 0.317 e. The fraction of sp³-hybridized carbons (Fsp3) is 0.529. The summed E-state index contributed by atoms with van der Waals surface area (Å²) < 4.78 is 6.03. The largest absolute Gasteiger partial charge is 0.466 e. The first-order chi connectivity index (χ1) is 11.0. The van der Waals surface area contributed by atoms with Crippen molar-refractivity contribution in [2.24, 2.45) is 5.92 Å². The van der Waals surface area contributed by atoms with Crippen LogP contribution in [0.5, 0.6) is 0 Å². The van der Waals surface area contributed by atoms with Crippen LogP contribution in [-0.4, -0.2) is 36.6 Å². The average molecular weight is 383 g/mol. The molecule has 0 radical (unpaired) electrons. The molecule has 1 heterocycles. The number of urea groups is 1. The number of nitrogens with one attached hydrogen (secondary N) is 1. The quantitative estimate of drug-likeness (QED) is 0.810. The zero-order valence-electron chi connectivity index (χ0n) is 13.5. The van der Waals surface area contributed by atoms with Crippen LogP contribution in [0.2, 0.25) is 0 Å². The summed E-state index contributed by atoms with van der Waals surface area (Å²) in [5, 5.41) is 3.02. The van der Waals surface area contributed by atoms with Crippen LogP contribution in [0.3, 0.4) is 0 Å². The second kappa shape index (κ2) is 8.34. The van der Waals surface area contributed by atoms with Gasteiger partial charge in [-0.3, -0.25) is 4.79 Å². The number of carbonyl (C=O) groups is 2. The third-order valence-corrected chi connectivity index (χ3v) is 4.84. The Morgan fingerprint density at radius 2 is 2.00 bits per heavy atom. The number of esters is 1. The van der Waals surface area contributed by atoms with Crippen molar-refractivity contribution < 1.29 is 14.3 Å². The SMILES string of the molecule is CCOC(=O)C1CCN(C(=O)NC(C)c2ccccc2Br)CC1. The Kier molecular flexibility index (Phi) is 6.45. The molecule has 1 N–H and O–H groups in total. The molecule has 0 aromatic heterocycles. The minimum atomic E-state index is -0.144.